The van der Waals surface area contributed by atoms with Crippen molar-refractivity contribution in [3.63, 3.8) is 0 Å². The van der Waals surface area contributed by atoms with Crippen molar-refractivity contribution in [3.05, 3.63) is 65.7 Å². The summed E-state index contributed by atoms with van der Waals surface area (Å²) in [4.78, 5) is 11.0. The molecule has 0 spiro atoms. The average Bonchev–Trinajstić information content (AvgIpc) is 2.59. The Hall–Kier alpha value is -2.75. The number of fused-ring (bicyclic) bond motifs is 1. The van der Waals surface area contributed by atoms with Crippen molar-refractivity contribution in [1.29, 1.82) is 0 Å². The molecular weight excluding hydrogens is 290 g/mol. The van der Waals surface area contributed by atoms with Crippen LogP contribution in [0.2, 0.25) is 0 Å². The predicted octanol–water partition coefficient (Wildman–Crippen LogP) is 3.31. The van der Waals surface area contributed by atoms with E-state index < -0.39 is 0 Å². The van der Waals surface area contributed by atoms with E-state index in [0.717, 1.165) is 28.2 Å². The van der Waals surface area contributed by atoms with Gasteiger partial charge in [-0.2, -0.15) is 0 Å². The van der Waals surface area contributed by atoms with E-state index in [1.807, 2.05) is 54.6 Å². The van der Waals surface area contributed by atoms with Crippen LogP contribution in [0.15, 0.2) is 54.6 Å². The molecule has 1 aliphatic rings. The molecule has 0 aromatic heterocycles. The van der Waals surface area contributed by atoms with E-state index in [0.29, 0.717) is 26.1 Å². The van der Waals surface area contributed by atoms with E-state index in [1.54, 1.807) is 0 Å². The summed E-state index contributed by atoms with van der Waals surface area (Å²) in [5.74, 6) is 1.30. The minimum Gasteiger partial charge on any atom is -0.489 e. The summed E-state index contributed by atoms with van der Waals surface area (Å²) >= 11 is 0. The third kappa shape index (κ3) is 3.92. The zero-order chi connectivity index (χ0) is 16.1. The molecule has 0 bridgehead atoms. The highest BCUT2D eigenvalue weighted by Gasteiger charge is 2.15. The number of allylic oxidation sites excluding steroid dienone is 1. The first-order valence-electron chi connectivity index (χ1n) is 7.63. The summed E-state index contributed by atoms with van der Waals surface area (Å²) in [6.07, 6.45) is 2.94. The second-order valence-corrected chi connectivity index (χ2v) is 5.44. The summed E-state index contributed by atoms with van der Waals surface area (Å²) < 4.78 is 11.5. The van der Waals surface area contributed by atoms with E-state index in [-0.39, 0.29) is 5.91 Å². The normalized spacial score (nSPS) is 12.8. The molecule has 2 aromatic carbocycles. The van der Waals surface area contributed by atoms with Crippen molar-refractivity contribution in [2.45, 2.75) is 19.4 Å². The zero-order valence-electron chi connectivity index (χ0n) is 12.8. The Bertz CT molecular complexity index is 723. The van der Waals surface area contributed by atoms with Gasteiger partial charge in [0.1, 0.15) is 24.7 Å². The monoisotopic (exact) mass is 309 g/mol. The highest BCUT2D eigenvalue weighted by atomic mass is 16.5. The number of hydrogen-bond acceptors (Lipinski definition) is 3. The fourth-order valence-corrected chi connectivity index (χ4v) is 2.55. The number of rotatable bonds is 6. The van der Waals surface area contributed by atoms with Gasteiger partial charge >= 0.3 is 0 Å². The number of nitrogens with two attached hydrogens (primary N) is 1. The Morgan fingerprint density at radius 2 is 2.00 bits per heavy atom. The fourth-order valence-electron chi connectivity index (χ4n) is 2.55. The van der Waals surface area contributed by atoms with Crippen LogP contribution in [0, 0.1) is 0 Å². The summed E-state index contributed by atoms with van der Waals surface area (Å²) in [5, 5.41) is 0. The van der Waals surface area contributed by atoms with Crippen LogP contribution in [0.4, 0.5) is 0 Å². The summed E-state index contributed by atoms with van der Waals surface area (Å²) in [5.41, 5.74) is 8.42. The van der Waals surface area contributed by atoms with Crippen LogP contribution in [-0.2, 0) is 11.4 Å². The molecule has 2 aromatic rings. The van der Waals surface area contributed by atoms with Gasteiger partial charge in [-0.05, 0) is 41.8 Å². The van der Waals surface area contributed by atoms with Crippen molar-refractivity contribution >= 4 is 11.5 Å². The Morgan fingerprint density at radius 1 is 1.17 bits per heavy atom. The number of benzene rings is 2. The largest absolute Gasteiger partial charge is 0.489 e. The number of amides is 1. The zero-order valence-corrected chi connectivity index (χ0v) is 12.8. The summed E-state index contributed by atoms with van der Waals surface area (Å²) in [6.45, 7) is 1.03. The van der Waals surface area contributed by atoms with Crippen LogP contribution in [0.3, 0.4) is 0 Å². The molecule has 118 valence electrons. The Morgan fingerprint density at radius 3 is 2.78 bits per heavy atom. The maximum Gasteiger partial charge on any atom is 0.217 e. The van der Waals surface area contributed by atoms with E-state index >= 15 is 0 Å². The lowest BCUT2D eigenvalue weighted by Gasteiger charge is -2.19. The molecule has 0 radical (unpaired) electrons. The van der Waals surface area contributed by atoms with Gasteiger partial charge in [-0.3, -0.25) is 4.79 Å². The lowest BCUT2D eigenvalue weighted by Crippen LogP contribution is -2.11. The SMILES string of the molecule is NC(=O)CCC1=CCOc2ccc(OCc3ccccc3)cc21. The van der Waals surface area contributed by atoms with Crippen LogP contribution in [-0.4, -0.2) is 12.5 Å². The van der Waals surface area contributed by atoms with Crippen LogP contribution in [0.25, 0.3) is 5.57 Å². The second kappa shape index (κ2) is 7.01. The minimum atomic E-state index is -0.296. The van der Waals surface area contributed by atoms with Crippen molar-refractivity contribution in [2.75, 3.05) is 6.61 Å². The number of hydrogen-bond donors (Lipinski definition) is 1. The second-order valence-electron chi connectivity index (χ2n) is 5.44. The first kappa shape index (κ1) is 15.2. The molecule has 23 heavy (non-hydrogen) atoms. The lowest BCUT2D eigenvalue weighted by atomic mass is 9.98. The molecule has 0 unspecified atom stereocenters. The molecule has 3 rings (SSSR count). The smallest absolute Gasteiger partial charge is 0.217 e. The average molecular weight is 309 g/mol. The molecule has 4 heteroatoms. The summed E-state index contributed by atoms with van der Waals surface area (Å²) in [6, 6.07) is 15.8. The molecule has 1 amide bonds. The van der Waals surface area contributed by atoms with Crippen molar-refractivity contribution in [3.8, 4) is 11.5 Å². The van der Waals surface area contributed by atoms with Gasteiger partial charge in [-0.1, -0.05) is 30.3 Å². The highest BCUT2D eigenvalue weighted by molar-refractivity contribution is 5.79. The standard InChI is InChI=1S/C19H19NO3/c20-19(21)9-6-15-10-11-22-18-8-7-16(12-17(15)18)23-13-14-4-2-1-3-5-14/h1-5,7-8,10,12H,6,9,11,13H2,(H2,20,21). The first-order valence-corrected chi connectivity index (χ1v) is 7.63. The van der Waals surface area contributed by atoms with Gasteiger partial charge in [0, 0.05) is 12.0 Å². The molecule has 0 aliphatic carbocycles. The Balaban J connectivity index is 1.74. The molecule has 1 aliphatic heterocycles. The topological polar surface area (TPSA) is 61.6 Å². The van der Waals surface area contributed by atoms with Gasteiger partial charge in [-0.25, -0.2) is 0 Å². The molecular formula is C19H19NO3. The van der Waals surface area contributed by atoms with Gasteiger partial charge in [0.25, 0.3) is 0 Å². The van der Waals surface area contributed by atoms with Gasteiger partial charge < -0.3 is 15.2 Å². The molecule has 0 fully saturated rings. The van der Waals surface area contributed by atoms with E-state index in [1.165, 1.54) is 0 Å². The predicted molar refractivity (Wildman–Crippen MR) is 89.1 cm³/mol. The van der Waals surface area contributed by atoms with E-state index in [4.69, 9.17) is 15.2 Å². The number of ether oxygens (including phenoxy) is 2. The van der Waals surface area contributed by atoms with Crippen LogP contribution in [0.5, 0.6) is 11.5 Å². The van der Waals surface area contributed by atoms with E-state index in [2.05, 4.69) is 0 Å². The van der Waals surface area contributed by atoms with Crippen LogP contribution in [0.1, 0.15) is 24.0 Å². The highest BCUT2D eigenvalue weighted by Crippen LogP contribution is 2.35. The van der Waals surface area contributed by atoms with Crippen molar-refractivity contribution in [1.82, 2.24) is 0 Å². The summed E-state index contributed by atoms with van der Waals surface area (Å²) in [7, 11) is 0. The molecule has 4 nitrogen and oxygen atoms in total. The third-order valence-electron chi connectivity index (χ3n) is 3.75. The number of primary amides is 1. The lowest BCUT2D eigenvalue weighted by molar-refractivity contribution is -0.117. The Kier molecular flexibility index (Phi) is 4.62. The van der Waals surface area contributed by atoms with Crippen molar-refractivity contribution < 1.29 is 14.3 Å². The van der Waals surface area contributed by atoms with Crippen molar-refractivity contribution in [2.24, 2.45) is 5.73 Å². The third-order valence-corrected chi connectivity index (χ3v) is 3.75. The van der Waals surface area contributed by atoms with E-state index in [9.17, 15) is 4.79 Å². The van der Waals surface area contributed by atoms with Gasteiger partial charge in [0.05, 0.1) is 0 Å². The van der Waals surface area contributed by atoms with Gasteiger partial charge in [-0.15, -0.1) is 0 Å². The molecule has 0 saturated heterocycles. The molecule has 0 atom stereocenters. The molecule has 0 saturated carbocycles. The quantitative estimate of drug-likeness (QED) is 0.890. The maximum absolute atomic E-state index is 11.0. The van der Waals surface area contributed by atoms with Gasteiger partial charge in [0.2, 0.25) is 5.91 Å². The van der Waals surface area contributed by atoms with Crippen LogP contribution >= 0.6 is 0 Å². The maximum atomic E-state index is 11.0. The number of carbonyl (C=O) groups is 1. The Labute approximate surface area is 135 Å². The first-order chi connectivity index (χ1) is 11.2. The van der Waals surface area contributed by atoms with Gasteiger partial charge in [0.15, 0.2) is 0 Å². The fraction of sp³-hybridized carbons (Fsp3) is 0.211. The number of carbonyl (C=O) groups excluding carboxylic acids is 1. The molecule has 1 heterocycles. The van der Waals surface area contributed by atoms with Crippen LogP contribution < -0.4 is 15.2 Å². The minimum absolute atomic E-state index is 0.296. The molecule has 2 N–H and O–H groups in total.